The summed E-state index contributed by atoms with van der Waals surface area (Å²) in [5.74, 6) is -0.672. The Balaban J connectivity index is 2.15. The normalized spacial score (nSPS) is 10.9. The molecule has 0 radical (unpaired) electrons. The molecule has 0 aliphatic rings. The maximum absolute atomic E-state index is 10.9. The fraction of sp³-hybridized carbons (Fsp3) is 0. The van der Waals surface area contributed by atoms with Gasteiger partial charge in [-0.3, -0.25) is 0 Å². The van der Waals surface area contributed by atoms with Crippen molar-refractivity contribution < 1.29 is 14.3 Å². The van der Waals surface area contributed by atoms with Gasteiger partial charge < -0.3 is 9.52 Å². The number of halogens is 2. The Labute approximate surface area is 123 Å². The molecule has 1 N–H and O–H groups in total. The van der Waals surface area contributed by atoms with E-state index in [0.717, 1.165) is 0 Å². The number of hydrogen-bond acceptors (Lipinski definition) is 3. The molecular formula is C14H7Cl2NO3. The zero-order chi connectivity index (χ0) is 14.3. The third kappa shape index (κ3) is 2.35. The number of carboxylic acids is 1. The topological polar surface area (TPSA) is 63.3 Å². The molecule has 2 aromatic carbocycles. The zero-order valence-electron chi connectivity index (χ0n) is 9.93. The lowest BCUT2D eigenvalue weighted by Crippen LogP contribution is -1.94. The molecule has 0 saturated carbocycles. The quantitative estimate of drug-likeness (QED) is 0.757. The lowest BCUT2D eigenvalue weighted by Gasteiger charge is -1.97. The molecule has 0 bridgehead atoms. The van der Waals surface area contributed by atoms with Crippen molar-refractivity contribution in [2.24, 2.45) is 0 Å². The minimum atomic E-state index is -1.01. The Hall–Kier alpha value is -2.04. The molecule has 3 aromatic rings. The minimum absolute atomic E-state index is 0.154. The van der Waals surface area contributed by atoms with Gasteiger partial charge in [0.1, 0.15) is 5.52 Å². The first-order valence-corrected chi connectivity index (χ1v) is 6.39. The third-order valence-corrected chi connectivity index (χ3v) is 3.18. The van der Waals surface area contributed by atoms with Crippen molar-refractivity contribution in [3.05, 3.63) is 52.0 Å². The van der Waals surface area contributed by atoms with Gasteiger partial charge in [-0.05, 0) is 36.4 Å². The van der Waals surface area contributed by atoms with Crippen molar-refractivity contribution in [3.63, 3.8) is 0 Å². The van der Waals surface area contributed by atoms with Crippen molar-refractivity contribution in [1.82, 2.24) is 4.98 Å². The molecule has 1 heterocycles. The van der Waals surface area contributed by atoms with Crippen LogP contribution in [-0.4, -0.2) is 16.1 Å². The lowest BCUT2D eigenvalue weighted by atomic mass is 10.2. The second-order valence-corrected chi connectivity index (χ2v) is 5.04. The summed E-state index contributed by atoms with van der Waals surface area (Å²) in [5.41, 5.74) is 1.76. The summed E-state index contributed by atoms with van der Waals surface area (Å²) in [6, 6.07) is 9.45. The molecule has 4 nitrogen and oxygen atoms in total. The van der Waals surface area contributed by atoms with E-state index >= 15 is 0 Å². The van der Waals surface area contributed by atoms with Crippen LogP contribution in [0.2, 0.25) is 10.0 Å². The van der Waals surface area contributed by atoms with Crippen LogP contribution in [-0.2, 0) is 0 Å². The van der Waals surface area contributed by atoms with Crippen molar-refractivity contribution in [3.8, 4) is 11.5 Å². The number of oxazole rings is 1. The maximum Gasteiger partial charge on any atom is 0.335 e. The molecule has 6 heteroatoms. The van der Waals surface area contributed by atoms with E-state index in [4.69, 9.17) is 32.7 Å². The second-order valence-electron chi connectivity index (χ2n) is 4.16. The Morgan fingerprint density at radius 3 is 2.45 bits per heavy atom. The van der Waals surface area contributed by atoms with E-state index in [1.54, 1.807) is 24.3 Å². The third-order valence-electron chi connectivity index (χ3n) is 2.74. The van der Waals surface area contributed by atoms with Crippen LogP contribution in [0.25, 0.3) is 22.6 Å². The van der Waals surface area contributed by atoms with E-state index in [2.05, 4.69) is 4.98 Å². The van der Waals surface area contributed by atoms with Gasteiger partial charge in [-0.2, -0.15) is 0 Å². The first-order chi connectivity index (χ1) is 9.52. The van der Waals surface area contributed by atoms with Crippen LogP contribution in [0.3, 0.4) is 0 Å². The first-order valence-electron chi connectivity index (χ1n) is 5.63. The van der Waals surface area contributed by atoms with Crippen LogP contribution < -0.4 is 0 Å². The highest BCUT2D eigenvalue weighted by Crippen LogP contribution is 2.29. The average molecular weight is 308 g/mol. The maximum atomic E-state index is 10.9. The fourth-order valence-corrected chi connectivity index (χ4v) is 2.39. The smallest absolute Gasteiger partial charge is 0.335 e. The Morgan fingerprint density at radius 1 is 1.10 bits per heavy atom. The molecule has 0 amide bonds. The SMILES string of the molecule is O=C(O)c1ccc2oc(-c3cc(Cl)cc(Cl)c3)nc2c1. The van der Waals surface area contributed by atoms with Gasteiger partial charge in [0.25, 0.3) is 0 Å². The van der Waals surface area contributed by atoms with Gasteiger partial charge in [-0.1, -0.05) is 23.2 Å². The molecular weight excluding hydrogens is 301 g/mol. The van der Waals surface area contributed by atoms with Gasteiger partial charge in [-0.15, -0.1) is 0 Å². The van der Waals surface area contributed by atoms with Crippen LogP contribution in [0.4, 0.5) is 0 Å². The zero-order valence-corrected chi connectivity index (χ0v) is 11.4. The molecule has 0 fully saturated rings. The molecule has 0 aliphatic carbocycles. The number of hydrogen-bond donors (Lipinski definition) is 1. The highest BCUT2D eigenvalue weighted by Gasteiger charge is 2.12. The van der Waals surface area contributed by atoms with E-state index in [0.29, 0.717) is 32.6 Å². The van der Waals surface area contributed by atoms with Crippen molar-refractivity contribution in [2.75, 3.05) is 0 Å². The number of aromatic nitrogens is 1. The van der Waals surface area contributed by atoms with Crippen LogP contribution in [0, 0.1) is 0 Å². The monoisotopic (exact) mass is 307 g/mol. The van der Waals surface area contributed by atoms with E-state index < -0.39 is 5.97 Å². The lowest BCUT2D eigenvalue weighted by molar-refractivity contribution is 0.0697. The number of aromatic carboxylic acids is 1. The summed E-state index contributed by atoms with van der Waals surface area (Å²) < 4.78 is 5.58. The number of carbonyl (C=O) groups is 1. The van der Waals surface area contributed by atoms with Gasteiger partial charge >= 0.3 is 5.97 Å². The summed E-state index contributed by atoms with van der Waals surface area (Å²) in [4.78, 5) is 15.2. The van der Waals surface area contributed by atoms with Gasteiger partial charge in [0.05, 0.1) is 5.56 Å². The number of nitrogens with zero attached hydrogens (tertiary/aromatic N) is 1. The molecule has 0 spiro atoms. The highest BCUT2D eigenvalue weighted by atomic mass is 35.5. The van der Waals surface area contributed by atoms with E-state index in [1.165, 1.54) is 12.1 Å². The molecule has 3 rings (SSSR count). The molecule has 0 saturated heterocycles. The summed E-state index contributed by atoms with van der Waals surface area (Å²) in [5, 5.41) is 9.89. The summed E-state index contributed by atoms with van der Waals surface area (Å²) in [6.07, 6.45) is 0. The average Bonchev–Trinajstić information content (AvgIpc) is 2.80. The Morgan fingerprint density at radius 2 is 1.80 bits per heavy atom. The van der Waals surface area contributed by atoms with Crippen LogP contribution in [0.5, 0.6) is 0 Å². The van der Waals surface area contributed by atoms with Crippen LogP contribution in [0.15, 0.2) is 40.8 Å². The largest absolute Gasteiger partial charge is 0.478 e. The Kier molecular flexibility index (Phi) is 3.12. The van der Waals surface area contributed by atoms with Gasteiger partial charge in [0.15, 0.2) is 5.58 Å². The molecule has 0 unspecified atom stereocenters. The second kappa shape index (κ2) is 4.81. The number of rotatable bonds is 2. The molecule has 1 aromatic heterocycles. The summed E-state index contributed by atoms with van der Waals surface area (Å²) >= 11 is 11.9. The minimum Gasteiger partial charge on any atom is -0.478 e. The number of benzene rings is 2. The van der Waals surface area contributed by atoms with E-state index in [-0.39, 0.29) is 5.56 Å². The van der Waals surface area contributed by atoms with E-state index in [1.807, 2.05) is 0 Å². The van der Waals surface area contributed by atoms with Crippen molar-refractivity contribution in [2.45, 2.75) is 0 Å². The van der Waals surface area contributed by atoms with E-state index in [9.17, 15) is 4.79 Å². The summed E-state index contributed by atoms with van der Waals surface area (Å²) in [7, 11) is 0. The van der Waals surface area contributed by atoms with Crippen molar-refractivity contribution in [1.29, 1.82) is 0 Å². The van der Waals surface area contributed by atoms with Gasteiger partial charge in [-0.25, -0.2) is 9.78 Å². The first kappa shape index (κ1) is 13.0. The molecule has 0 aliphatic heterocycles. The summed E-state index contributed by atoms with van der Waals surface area (Å²) in [6.45, 7) is 0. The van der Waals surface area contributed by atoms with Crippen LogP contribution in [0.1, 0.15) is 10.4 Å². The highest BCUT2D eigenvalue weighted by molar-refractivity contribution is 6.35. The number of fused-ring (bicyclic) bond motifs is 1. The van der Waals surface area contributed by atoms with Gasteiger partial charge in [0.2, 0.25) is 5.89 Å². The molecule has 20 heavy (non-hydrogen) atoms. The van der Waals surface area contributed by atoms with Crippen LogP contribution >= 0.6 is 23.2 Å². The predicted molar refractivity (Wildman–Crippen MR) is 76.4 cm³/mol. The Bertz CT molecular complexity index is 806. The standard InChI is InChI=1S/C14H7Cl2NO3/c15-9-3-8(4-10(16)6-9)13-17-11-5-7(14(18)19)1-2-12(11)20-13/h1-6H,(H,18,19). The molecule has 0 atom stereocenters. The van der Waals surface area contributed by atoms with Gasteiger partial charge in [0, 0.05) is 15.6 Å². The fourth-order valence-electron chi connectivity index (χ4n) is 1.86. The number of carboxylic acid groups (broad SMARTS) is 1. The predicted octanol–water partition coefficient (Wildman–Crippen LogP) is 4.50. The molecule has 100 valence electrons. The van der Waals surface area contributed by atoms with Crippen molar-refractivity contribution >= 4 is 40.3 Å².